The van der Waals surface area contributed by atoms with Crippen LogP contribution < -0.4 is 5.32 Å². The van der Waals surface area contributed by atoms with Crippen LogP contribution >= 0.6 is 11.6 Å². The number of carbonyl (C=O) groups excluding carboxylic acids is 1. The number of nitrogens with zero attached hydrogens (tertiary/aromatic N) is 1. The number of aromatic nitrogens is 1. The van der Waals surface area contributed by atoms with Gasteiger partial charge in [0.15, 0.2) is 0 Å². The van der Waals surface area contributed by atoms with Crippen molar-refractivity contribution in [2.45, 2.75) is 13.1 Å². The first-order chi connectivity index (χ1) is 9.29. The average Bonchev–Trinajstić information content (AvgIpc) is 2.77. The lowest BCUT2D eigenvalue weighted by atomic mass is 10.2. The number of carbonyl (C=O) groups is 1. The highest BCUT2D eigenvalue weighted by atomic mass is 35.5. The third-order valence-electron chi connectivity index (χ3n) is 2.50. The van der Waals surface area contributed by atoms with E-state index in [1.165, 1.54) is 6.20 Å². The first-order valence-corrected chi connectivity index (χ1v) is 5.76. The van der Waals surface area contributed by atoms with Crippen LogP contribution in [0.1, 0.15) is 21.7 Å². The minimum absolute atomic E-state index is 0.0106. The van der Waals surface area contributed by atoms with Gasteiger partial charge in [-0.05, 0) is 25.1 Å². The smallest absolute Gasteiger partial charge is 0.351 e. The number of rotatable bonds is 2. The van der Waals surface area contributed by atoms with Gasteiger partial charge in [0.1, 0.15) is 0 Å². The number of amides is 1. The van der Waals surface area contributed by atoms with Crippen LogP contribution in [0.5, 0.6) is 0 Å². The molecule has 20 heavy (non-hydrogen) atoms. The van der Waals surface area contributed by atoms with Gasteiger partial charge in [0, 0.05) is 5.56 Å². The molecule has 1 amide bonds. The van der Waals surface area contributed by atoms with Gasteiger partial charge in [-0.2, -0.15) is 13.2 Å². The minimum atomic E-state index is -4.52. The summed E-state index contributed by atoms with van der Waals surface area (Å²) in [5, 5.41) is 5.67. The number of alkyl halides is 3. The van der Waals surface area contributed by atoms with Crippen molar-refractivity contribution < 1.29 is 22.5 Å². The molecule has 1 heterocycles. The zero-order valence-electron chi connectivity index (χ0n) is 10.1. The molecule has 0 saturated carbocycles. The largest absolute Gasteiger partial charge is 0.416 e. The van der Waals surface area contributed by atoms with E-state index in [-0.39, 0.29) is 16.5 Å². The molecule has 106 valence electrons. The van der Waals surface area contributed by atoms with Gasteiger partial charge in [-0.25, -0.2) is 0 Å². The van der Waals surface area contributed by atoms with E-state index in [0.717, 1.165) is 18.2 Å². The molecule has 0 aliphatic rings. The summed E-state index contributed by atoms with van der Waals surface area (Å²) in [6.45, 7) is 1.58. The van der Waals surface area contributed by atoms with Crippen molar-refractivity contribution in [2.75, 3.05) is 5.32 Å². The number of nitrogens with one attached hydrogen (secondary N) is 1. The fraction of sp³-hybridized carbons (Fsp3) is 0.167. The Hall–Kier alpha value is -2.02. The van der Waals surface area contributed by atoms with Gasteiger partial charge < -0.3 is 9.84 Å². The Morgan fingerprint density at radius 1 is 1.40 bits per heavy atom. The molecule has 0 radical (unpaired) electrons. The van der Waals surface area contributed by atoms with Crippen LogP contribution in [0.3, 0.4) is 0 Å². The van der Waals surface area contributed by atoms with E-state index in [1.807, 2.05) is 0 Å². The molecule has 0 saturated heterocycles. The normalized spacial score (nSPS) is 11.4. The average molecular weight is 305 g/mol. The first kappa shape index (κ1) is 14.4. The summed E-state index contributed by atoms with van der Waals surface area (Å²) < 4.78 is 42.5. The summed E-state index contributed by atoms with van der Waals surface area (Å²) in [4.78, 5) is 11.8. The highest BCUT2D eigenvalue weighted by molar-refractivity contribution is 6.33. The maximum Gasteiger partial charge on any atom is 0.416 e. The molecule has 0 bridgehead atoms. The Balaban J connectivity index is 2.30. The van der Waals surface area contributed by atoms with E-state index in [2.05, 4.69) is 10.5 Å². The second-order valence-corrected chi connectivity index (χ2v) is 4.39. The fourth-order valence-corrected chi connectivity index (χ4v) is 1.65. The quantitative estimate of drug-likeness (QED) is 0.915. The zero-order valence-corrected chi connectivity index (χ0v) is 10.8. The van der Waals surface area contributed by atoms with E-state index >= 15 is 0 Å². The lowest BCUT2D eigenvalue weighted by Gasteiger charge is -2.11. The van der Waals surface area contributed by atoms with Gasteiger partial charge >= 0.3 is 6.18 Å². The maximum atomic E-state index is 12.6. The fourth-order valence-electron chi connectivity index (χ4n) is 1.49. The van der Waals surface area contributed by atoms with Crippen molar-refractivity contribution in [1.82, 2.24) is 5.16 Å². The molecular weight excluding hydrogens is 297 g/mol. The highest BCUT2D eigenvalue weighted by Crippen LogP contribution is 2.34. The molecule has 0 fully saturated rings. The topological polar surface area (TPSA) is 55.1 Å². The van der Waals surface area contributed by atoms with Crippen LogP contribution in [0, 0.1) is 6.92 Å². The third kappa shape index (κ3) is 2.93. The van der Waals surface area contributed by atoms with Crippen LogP contribution in [-0.4, -0.2) is 11.1 Å². The molecule has 1 aromatic heterocycles. The van der Waals surface area contributed by atoms with Crippen molar-refractivity contribution in [2.24, 2.45) is 0 Å². The molecule has 4 nitrogen and oxygen atoms in total. The number of anilines is 1. The van der Waals surface area contributed by atoms with Crippen molar-refractivity contribution in [3.8, 4) is 0 Å². The predicted molar refractivity (Wildman–Crippen MR) is 65.6 cm³/mol. The molecule has 0 atom stereocenters. The summed E-state index contributed by atoms with van der Waals surface area (Å²) in [6.07, 6.45) is -3.20. The van der Waals surface area contributed by atoms with Crippen molar-refractivity contribution in [1.29, 1.82) is 0 Å². The number of hydrogen-bond donors (Lipinski definition) is 1. The van der Waals surface area contributed by atoms with Crippen molar-refractivity contribution in [3.05, 3.63) is 46.3 Å². The zero-order chi connectivity index (χ0) is 14.9. The molecule has 1 N–H and O–H groups in total. The number of hydrogen-bond acceptors (Lipinski definition) is 3. The molecule has 8 heteroatoms. The van der Waals surface area contributed by atoms with E-state index < -0.39 is 17.6 Å². The number of aryl methyl sites for hydroxylation is 1. The summed E-state index contributed by atoms with van der Waals surface area (Å²) in [5.74, 6) is -0.806. The van der Waals surface area contributed by atoms with E-state index in [0.29, 0.717) is 5.56 Å². The van der Waals surface area contributed by atoms with Crippen LogP contribution in [0.4, 0.5) is 18.9 Å². The Labute approximate surface area is 116 Å². The lowest BCUT2D eigenvalue weighted by molar-refractivity contribution is -0.137. The second kappa shape index (κ2) is 5.16. The van der Waals surface area contributed by atoms with Gasteiger partial charge in [0.05, 0.1) is 22.5 Å². The summed E-state index contributed by atoms with van der Waals surface area (Å²) in [7, 11) is 0. The predicted octanol–water partition coefficient (Wildman–Crippen LogP) is 3.91. The Morgan fingerprint density at radius 3 is 2.65 bits per heavy atom. The molecule has 0 spiro atoms. The monoisotopic (exact) mass is 304 g/mol. The second-order valence-electron chi connectivity index (χ2n) is 3.98. The molecular formula is C12H8ClF3N2O2. The van der Waals surface area contributed by atoms with Crippen LogP contribution in [-0.2, 0) is 6.18 Å². The Bertz CT molecular complexity index is 652. The Kier molecular flexibility index (Phi) is 3.71. The van der Waals surface area contributed by atoms with Gasteiger partial charge in [0.2, 0.25) is 5.76 Å². The van der Waals surface area contributed by atoms with E-state index in [4.69, 9.17) is 16.1 Å². The molecule has 0 aliphatic carbocycles. The SMILES string of the molecule is Cc1cnoc1C(=O)Nc1cc(C(F)(F)F)ccc1Cl. The maximum absolute atomic E-state index is 12.6. The van der Waals surface area contributed by atoms with Gasteiger partial charge in [0.25, 0.3) is 5.91 Å². The van der Waals surface area contributed by atoms with Crippen LogP contribution in [0.2, 0.25) is 5.02 Å². The summed E-state index contributed by atoms with van der Waals surface area (Å²) in [6, 6.07) is 2.65. The molecule has 1 aromatic carbocycles. The van der Waals surface area contributed by atoms with Gasteiger partial charge in [-0.15, -0.1) is 0 Å². The standard InChI is InChI=1S/C12H8ClF3N2O2/c1-6-5-17-20-10(6)11(19)18-9-4-7(12(14,15)16)2-3-8(9)13/h2-5H,1H3,(H,18,19). The molecule has 0 aliphatic heterocycles. The molecule has 2 aromatic rings. The van der Waals surface area contributed by atoms with Crippen LogP contribution in [0.25, 0.3) is 0 Å². The van der Waals surface area contributed by atoms with E-state index in [9.17, 15) is 18.0 Å². The summed E-state index contributed by atoms with van der Waals surface area (Å²) in [5.41, 5.74) is -0.598. The van der Waals surface area contributed by atoms with Crippen molar-refractivity contribution >= 4 is 23.2 Å². The molecule has 2 rings (SSSR count). The number of halogens is 4. The number of benzene rings is 1. The van der Waals surface area contributed by atoms with Crippen LogP contribution in [0.15, 0.2) is 28.9 Å². The first-order valence-electron chi connectivity index (χ1n) is 5.38. The lowest BCUT2D eigenvalue weighted by Crippen LogP contribution is -2.14. The molecule has 0 unspecified atom stereocenters. The Morgan fingerprint density at radius 2 is 2.10 bits per heavy atom. The minimum Gasteiger partial charge on any atom is -0.351 e. The van der Waals surface area contributed by atoms with Gasteiger partial charge in [-0.1, -0.05) is 16.8 Å². The highest BCUT2D eigenvalue weighted by Gasteiger charge is 2.31. The van der Waals surface area contributed by atoms with E-state index in [1.54, 1.807) is 6.92 Å². The summed E-state index contributed by atoms with van der Waals surface area (Å²) >= 11 is 5.76. The third-order valence-corrected chi connectivity index (χ3v) is 2.83. The van der Waals surface area contributed by atoms with Gasteiger partial charge in [-0.3, -0.25) is 4.79 Å². The van der Waals surface area contributed by atoms with Crippen molar-refractivity contribution in [3.63, 3.8) is 0 Å².